The molecule has 1 aromatic rings. The Morgan fingerprint density at radius 1 is 1.23 bits per heavy atom. The summed E-state index contributed by atoms with van der Waals surface area (Å²) in [5, 5.41) is 20.6. The number of aliphatic carboxylic acids is 1. The van der Waals surface area contributed by atoms with E-state index < -0.39 is 36.8 Å². The second kappa shape index (κ2) is 8.75. The summed E-state index contributed by atoms with van der Waals surface area (Å²) in [5.74, 6) is -1.92. The van der Waals surface area contributed by atoms with Crippen molar-refractivity contribution < 1.29 is 42.4 Å². The zero-order valence-corrected chi connectivity index (χ0v) is 14.2. The molecule has 3 N–H and O–H groups in total. The van der Waals surface area contributed by atoms with Crippen LogP contribution in [0.15, 0.2) is 18.2 Å². The second-order valence-electron chi connectivity index (χ2n) is 5.74. The summed E-state index contributed by atoms with van der Waals surface area (Å²) in [7, 11) is 1.28. The quantitative estimate of drug-likeness (QED) is 0.601. The monoisotopic (exact) mass is 379 g/mol. The number of carboxylic acid groups (broad SMARTS) is 1. The fraction of sp³-hybridized carbons (Fsp3) is 0.500. The number of ether oxygens (including phenoxy) is 2. The van der Waals surface area contributed by atoms with E-state index in [0.717, 1.165) is 6.92 Å². The number of methoxy groups -OCH3 is 1. The number of amides is 1. The molecule has 1 amide bonds. The Balaban J connectivity index is 2.60. The van der Waals surface area contributed by atoms with Crippen LogP contribution in [0.5, 0.6) is 11.5 Å². The first kappa shape index (κ1) is 21.6. The van der Waals surface area contributed by atoms with Gasteiger partial charge in [0.15, 0.2) is 23.7 Å². The number of alkyl halides is 3. The highest BCUT2D eigenvalue weighted by atomic mass is 19.4. The molecule has 1 atom stereocenters. The molecular weight excluding hydrogens is 359 g/mol. The molecule has 146 valence electrons. The average molecular weight is 379 g/mol. The van der Waals surface area contributed by atoms with Crippen LogP contribution in [0, 0.1) is 0 Å². The number of rotatable bonds is 9. The summed E-state index contributed by atoms with van der Waals surface area (Å²) in [6, 6.07) is 4.26. The Bertz CT molecular complexity index is 645. The molecule has 0 bridgehead atoms. The molecule has 0 aliphatic heterocycles. The zero-order valence-electron chi connectivity index (χ0n) is 14.2. The first-order chi connectivity index (χ1) is 11.9. The summed E-state index contributed by atoms with van der Waals surface area (Å²) < 4.78 is 46.3. The smallest absolute Gasteiger partial charge is 0.422 e. The van der Waals surface area contributed by atoms with Gasteiger partial charge in [-0.2, -0.15) is 13.2 Å². The summed E-state index contributed by atoms with van der Waals surface area (Å²) in [6.45, 7) is -0.844. The number of aryl methyl sites for hydroxylation is 1. The van der Waals surface area contributed by atoms with Crippen molar-refractivity contribution in [3.05, 3.63) is 23.8 Å². The first-order valence-electron chi connectivity index (χ1n) is 7.53. The molecule has 7 nitrogen and oxygen atoms in total. The van der Waals surface area contributed by atoms with Gasteiger partial charge in [-0.25, -0.2) is 4.79 Å². The Labute approximate surface area is 147 Å². The number of carbonyl (C=O) groups excluding carboxylic acids is 1. The number of hydrogen-bond acceptors (Lipinski definition) is 5. The molecule has 0 saturated heterocycles. The maximum atomic E-state index is 12.2. The largest absolute Gasteiger partial charge is 0.493 e. The van der Waals surface area contributed by atoms with Crippen LogP contribution >= 0.6 is 0 Å². The topological polar surface area (TPSA) is 105 Å². The minimum Gasteiger partial charge on any atom is -0.493 e. The van der Waals surface area contributed by atoms with Crippen LogP contribution in [0.1, 0.15) is 18.9 Å². The molecule has 0 aromatic heterocycles. The second-order valence-corrected chi connectivity index (χ2v) is 5.74. The van der Waals surface area contributed by atoms with Crippen LogP contribution in [0.3, 0.4) is 0 Å². The van der Waals surface area contributed by atoms with Crippen LogP contribution < -0.4 is 14.8 Å². The van der Waals surface area contributed by atoms with Crippen molar-refractivity contribution in [1.29, 1.82) is 0 Å². The minimum atomic E-state index is -4.47. The average Bonchev–Trinajstić information content (AvgIpc) is 2.55. The molecule has 0 saturated carbocycles. The van der Waals surface area contributed by atoms with Crippen LogP contribution in [-0.4, -0.2) is 54.1 Å². The zero-order chi connectivity index (χ0) is 20.0. The third-order valence-electron chi connectivity index (χ3n) is 3.35. The van der Waals surface area contributed by atoms with E-state index in [-0.39, 0.29) is 24.3 Å². The molecule has 0 aliphatic rings. The highest BCUT2D eigenvalue weighted by Gasteiger charge is 2.30. The Morgan fingerprint density at radius 3 is 2.42 bits per heavy atom. The lowest BCUT2D eigenvalue weighted by molar-refractivity contribution is -0.156. The van der Waals surface area contributed by atoms with Crippen LogP contribution in [-0.2, 0) is 16.0 Å². The molecule has 1 rings (SSSR count). The fourth-order valence-corrected chi connectivity index (χ4v) is 1.84. The van der Waals surface area contributed by atoms with Crippen molar-refractivity contribution in [1.82, 2.24) is 5.32 Å². The molecular formula is C16H20F3NO6. The van der Waals surface area contributed by atoms with Gasteiger partial charge in [0.2, 0.25) is 5.91 Å². The van der Waals surface area contributed by atoms with Crippen molar-refractivity contribution in [2.45, 2.75) is 31.5 Å². The van der Waals surface area contributed by atoms with E-state index in [1.54, 1.807) is 0 Å². The van der Waals surface area contributed by atoms with Crippen molar-refractivity contribution in [2.24, 2.45) is 0 Å². The molecule has 0 fully saturated rings. The fourth-order valence-electron chi connectivity index (χ4n) is 1.84. The molecule has 1 aromatic carbocycles. The first-order valence-corrected chi connectivity index (χ1v) is 7.53. The Morgan fingerprint density at radius 2 is 1.88 bits per heavy atom. The summed E-state index contributed by atoms with van der Waals surface area (Å²) in [6.07, 6.45) is -4.25. The Hall–Kier alpha value is -2.49. The number of nitrogens with one attached hydrogen (secondary N) is 1. The van der Waals surface area contributed by atoms with Crippen LogP contribution in [0.25, 0.3) is 0 Å². The molecule has 0 spiro atoms. The van der Waals surface area contributed by atoms with Gasteiger partial charge in [-0.15, -0.1) is 0 Å². The van der Waals surface area contributed by atoms with Crippen LogP contribution in [0.2, 0.25) is 0 Å². The van der Waals surface area contributed by atoms with Gasteiger partial charge in [0.05, 0.1) is 13.7 Å². The van der Waals surface area contributed by atoms with Gasteiger partial charge in [-0.05, 0) is 31.0 Å². The molecule has 26 heavy (non-hydrogen) atoms. The van der Waals surface area contributed by atoms with Gasteiger partial charge in [-0.1, -0.05) is 6.07 Å². The molecule has 0 heterocycles. The van der Waals surface area contributed by atoms with E-state index in [4.69, 9.17) is 9.84 Å². The number of carbonyl (C=O) groups is 2. The number of carboxylic acids is 1. The highest BCUT2D eigenvalue weighted by molar-refractivity contribution is 5.80. The number of aliphatic hydroxyl groups is 1. The SMILES string of the molecule is COc1cc(CCC(=O)NCC(C)(O)C(=O)O)ccc1OCC(F)(F)F. The predicted molar refractivity (Wildman–Crippen MR) is 84.1 cm³/mol. The molecule has 10 heteroatoms. The van der Waals surface area contributed by atoms with Crippen molar-refractivity contribution >= 4 is 11.9 Å². The van der Waals surface area contributed by atoms with Crippen molar-refractivity contribution in [3.8, 4) is 11.5 Å². The predicted octanol–water partition coefficient (Wildman–Crippen LogP) is 1.52. The van der Waals surface area contributed by atoms with E-state index in [2.05, 4.69) is 10.1 Å². The van der Waals surface area contributed by atoms with Gasteiger partial charge < -0.3 is 25.0 Å². The number of hydrogen-bond donors (Lipinski definition) is 3. The van der Waals surface area contributed by atoms with Crippen LogP contribution in [0.4, 0.5) is 13.2 Å². The maximum absolute atomic E-state index is 12.2. The highest BCUT2D eigenvalue weighted by Crippen LogP contribution is 2.30. The van der Waals surface area contributed by atoms with Crippen molar-refractivity contribution in [2.75, 3.05) is 20.3 Å². The van der Waals surface area contributed by atoms with Gasteiger partial charge in [0.1, 0.15) is 0 Å². The number of halogens is 3. The van der Waals surface area contributed by atoms with Gasteiger partial charge in [0.25, 0.3) is 0 Å². The lowest BCUT2D eigenvalue weighted by Gasteiger charge is -2.18. The summed E-state index contributed by atoms with van der Waals surface area (Å²) in [5.41, 5.74) is -1.46. The van der Waals surface area contributed by atoms with Gasteiger partial charge in [0, 0.05) is 6.42 Å². The summed E-state index contributed by atoms with van der Waals surface area (Å²) >= 11 is 0. The molecule has 1 unspecified atom stereocenters. The lowest BCUT2D eigenvalue weighted by atomic mass is 10.1. The number of benzene rings is 1. The minimum absolute atomic E-state index is 0.0123. The standard InChI is InChI=1S/C16H20F3NO6/c1-15(24,14(22)23)8-20-13(21)6-4-10-3-5-11(12(7-10)25-2)26-9-16(17,18)19/h3,5,7,24H,4,6,8-9H2,1-2H3,(H,20,21)(H,22,23). The molecule has 0 aliphatic carbocycles. The van der Waals surface area contributed by atoms with E-state index in [1.807, 2.05) is 0 Å². The molecule has 0 radical (unpaired) electrons. The lowest BCUT2D eigenvalue weighted by Crippen LogP contribution is -2.46. The third-order valence-corrected chi connectivity index (χ3v) is 3.35. The van der Waals surface area contributed by atoms with Crippen molar-refractivity contribution in [3.63, 3.8) is 0 Å². The Kier molecular flexibility index (Phi) is 7.25. The third kappa shape index (κ3) is 7.18. The van der Waals surface area contributed by atoms with E-state index in [0.29, 0.717) is 5.56 Å². The van der Waals surface area contributed by atoms with Gasteiger partial charge >= 0.3 is 12.1 Å². The summed E-state index contributed by atoms with van der Waals surface area (Å²) in [4.78, 5) is 22.5. The van der Waals surface area contributed by atoms with E-state index >= 15 is 0 Å². The normalized spacial score (nSPS) is 13.6. The van der Waals surface area contributed by atoms with E-state index in [1.165, 1.54) is 25.3 Å². The van der Waals surface area contributed by atoms with Gasteiger partial charge in [-0.3, -0.25) is 4.79 Å². The van der Waals surface area contributed by atoms with E-state index in [9.17, 15) is 27.9 Å². The maximum Gasteiger partial charge on any atom is 0.422 e.